The first-order valence-electron chi connectivity index (χ1n) is 12.5. The summed E-state index contributed by atoms with van der Waals surface area (Å²) in [4.78, 5) is 11.4. The molecule has 12 atom stereocenters. The van der Waals surface area contributed by atoms with Gasteiger partial charge in [-0.1, -0.05) is 38.5 Å². The standard InChI is InChI=1S/C26H40O9/c1-5-24(2)9-8-14-13(10-24)6-7-16-25(14,3)11-15(27)21(31)26(16,4)12-34-23-19(30)17(28)18(29)20(35-23)22(32)33/h5-6,14-21,23,27-31H,1,7-12H2,2-4H3,(H,32,33)/t14-,15+,16-,17-,18+,19-,20-,21+,23+,24-,25-,26+/m1/s1. The SMILES string of the molecule is C=C[C@]1(C)CC[C@@H]2C(=CC[C@@H]3[C@]2(C)C[C@H](O)[C@H](O)[C@@]3(C)CO[C@H]2O[C@@H](C(=O)O)[C@@H](O)[C@@H](O)[C@H]2O)C1. The first-order valence-corrected chi connectivity index (χ1v) is 12.5. The summed E-state index contributed by atoms with van der Waals surface area (Å²) < 4.78 is 11.1. The van der Waals surface area contributed by atoms with Crippen molar-refractivity contribution in [1.29, 1.82) is 0 Å². The molecule has 0 amide bonds. The van der Waals surface area contributed by atoms with Crippen LogP contribution in [0.2, 0.25) is 0 Å². The van der Waals surface area contributed by atoms with Crippen LogP contribution in [0.5, 0.6) is 0 Å². The Kier molecular flexibility index (Phi) is 7.03. The average molecular weight is 497 g/mol. The third kappa shape index (κ3) is 4.29. The smallest absolute Gasteiger partial charge is 0.335 e. The Balaban J connectivity index is 1.59. The van der Waals surface area contributed by atoms with Crippen LogP contribution in [0.15, 0.2) is 24.3 Å². The van der Waals surface area contributed by atoms with E-state index in [0.717, 1.165) is 19.3 Å². The fraction of sp³-hybridized carbons (Fsp3) is 0.808. The number of carboxylic acids is 1. The number of fused-ring (bicyclic) bond motifs is 3. The lowest BCUT2D eigenvalue weighted by Gasteiger charge is -2.62. The molecule has 0 spiro atoms. The van der Waals surface area contributed by atoms with Gasteiger partial charge in [-0.3, -0.25) is 0 Å². The van der Waals surface area contributed by atoms with Crippen LogP contribution in [-0.4, -0.2) is 86.1 Å². The number of hydrogen-bond acceptors (Lipinski definition) is 8. The summed E-state index contributed by atoms with van der Waals surface area (Å²) in [7, 11) is 0. The van der Waals surface area contributed by atoms with Gasteiger partial charge in [0, 0.05) is 5.41 Å². The van der Waals surface area contributed by atoms with Crippen molar-refractivity contribution in [1.82, 2.24) is 0 Å². The maximum atomic E-state index is 11.4. The Bertz CT molecular complexity index is 875. The summed E-state index contributed by atoms with van der Waals surface area (Å²) in [5, 5.41) is 61.8. The Labute approximate surface area is 206 Å². The number of aliphatic hydroxyl groups excluding tert-OH is 5. The van der Waals surface area contributed by atoms with Crippen LogP contribution in [0.4, 0.5) is 0 Å². The third-order valence-electron chi connectivity index (χ3n) is 9.62. The molecule has 4 aliphatic rings. The molecular formula is C26H40O9. The van der Waals surface area contributed by atoms with Gasteiger partial charge in [0.25, 0.3) is 0 Å². The lowest BCUT2D eigenvalue weighted by atomic mass is 9.44. The predicted octanol–water partition coefficient (Wildman–Crippen LogP) is 0.972. The molecule has 198 valence electrons. The van der Waals surface area contributed by atoms with Gasteiger partial charge >= 0.3 is 5.97 Å². The van der Waals surface area contributed by atoms with Crippen LogP contribution in [0.3, 0.4) is 0 Å². The highest BCUT2D eigenvalue weighted by Crippen LogP contribution is 2.63. The third-order valence-corrected chi connectivity index (χ3v) is 9.62. The number of carboxylic acid groups (broad SMARTS) is 1. The fourth-order valence-corrected chi connectivity index (χ4v) is 7.41. The second-order valence-electron chi connectivity index (χ2n) is 12.0. The summed E-state index contributed by atoms with van der Waals surface area (Å²) in [6.07, 6.45) is -2.31. The minimum Gasteiger partial charge on any atom is -0.479 e. The largest absolute Gasteiger partial charge is 0.479 e. The average Bonchev–Trinajstić information content (AvgIpc) is 2.80. The maximum absolute atomic E-state index is 11.4. The monoisotopic (exact) mass is 496 g/mol. The molecule has 0 aromatic carbocycles. The first kappa shape index (κ1) is 26.7. The van der Waals surface area contributed by atoms with Gasteiger partial charge in [0.1, 0.15) is 18.3 Å². The maximum Gasteiger partial charge on any atom is 0.335 e. The molecule has 3 fully saturated rings. The highest BCUT2D eigenvalue weighted by atomic mass is 16.7. The molecule has 4 rings (SSSR count). The molecule has 6 N–H and O–H groups in total. The molecule has 1 saturated heterocycles. The minimum atomic E-state index is -1.81. The molecule has 0 unspecified atom stereocenters. The summed E-state index contributed by atoms with van der Waals surface area (Å²) in [5.41, 5.74) is 0.188. The fourth-order valence-electron chi connectivity index (χ4n) is 7.41. The molecule has 3 aliphatic carbocycles. The number of aliphatic hydroxyl groups is 5. The summed E-state index contributed by atoms with van der Waals surface area (Å²) in [5.74, 6) is -1.29. The Morgan fingerprint density at radius 2 is 1.86 bits per heavy atom. The van der Waals surface area contributed by atoms with Gasteiger partial charge in [-0.05, 0) is 54.8 Å². The number of aliphatic carboxylic acids is 1. The van der Waals surface area contributed by atoms with Gasteiger partial charge in [-0.2, -0.15) is 0 Å². The van der Waals surface area contributed by atoms with E-state index in [1.807, 2.05) is 13.0 Å². The van der Waals surface area contributed by atoms with Gasteiger partial charge in [-0.25, -0.2) is 4.79 Å². The van der Waals surface area contributed by atoms with Crippen molar-refractivity contribution >= 4 is 5.97 Å². The molecule has 0 radical (unpaired) electrons. The predicted molar refractivity (Wildman–Crippen MR) is 125 cm³/mol. The van der Waals surface area contributed by atoms with Crippen LogP contribution in [0, 0.1) is 28.1 Å². The molecule has 2 saturated carbocycles. The zero-order valence-corrected chi connectivity index (χ0v) is 20.7. The highest BCUT2D eigenvalue weighted by Gasteiger charge is 2.61. The van der Waals surface area contributed by atoms with Crippen molar-refractivity contribution in [2.45, 2.75) is 95.8 Å². The quantitative estimate of drug-likeness (QED) is 0.305. The summed E-state index contributed by atoms with van der Waals surface area (Å²) in [6.45, 7) is 10.1. The van der Waals surface area contributed by atoms with E-state index >= 15 is 0 Å². The van der Waals surface area contributed by atoms with Gasteiger partial charge in [0.2, 0.25) is 0 Å². The van der Waals surface area contributed by atoms with Gasteiger partial charge in [0.05, 0.1) is 18.8 Å². The number of allylic oxidation sites excluding steroid dienone is 3. The van der Waals surface area contributed by atoms with E-state index in [4.69, 9.17) is 9.47 Å². The van der Waals surface area contributed by atoms with E-state index in [1.54, 1.807) is 0 Å². The van der Waals surface area contributed by atoms with Gasteiger partial charge in [-0.15, -0.1) is 6.58 Å². The van der Waals surface area contributed by atoms with E-state index in [1.165, 1.54) is 5.57 Å². The van der Waals surface area contributed by atoms with E-state index in [2.05, 4.69) is 26.5 Å². The molecule has 0 aromatic heterocycles. The molecule has 1 heterocycles. The zero-order valence-electron chi connectivity index (χ0n) is 20.7. The van der Waals surface area contributed by atoms with Gasteiger partial charge in [0.15, 0.2) is 12.4 Å². The second-order valence-corrected chi connectivity index (χ2v) is 12.0. The molecule has 35 heavy (non-hydrogen) atoms. The van der Waals surface area contributed by atoms with Crippen LogP contribution in [0.1, 0.15) is 52.9 Å². The normalized spacial score (nSPS) is 52.1. The van der Waals surface area contributed by atoms with Gasteiger partial charge < -0.3 is 40.1 Å². The minimum absolute atomic E-state index is 0.0469. The number of ether oxygens (including phenoxy) is 2. The number of carbonyl (C=O) groups is 1. The number of hydrogen-bond donors (Lipinski definition) is 6. The summed E-state index contributed by atoms with van der Waals surface area (Å²) in [6, 6.07) is 0. The van der Waals surface area contributed by atoms with Crippen molar-refractivity contribution in [3.8, 4) is 0 Å². The van der Waals surface area contributed by atoms with Crippen LogP contribution in [-0.2, 0) is 14.3 Å². The zero-order chi connectivity index (χ0) is 25.9. The molecule has 0 aromatic rings. The Morgan fingerprint density at radius 1 is 1.17 bits per heavy atom. The highest BCUT2D eigenvalue weighted by molar-refractivity contribution is 5.73. The van der Waals surface area contributed by atoms with E-state index in [9.17, 15) is 35.4 Å². The van der Waals surface area contributed by atoms with Crippen molar-refractivity contribution in [3.05, 3.63) is 24.3 Å². The Hall–Kier alpha value is -1.33. The van der Waals surface area contributed by atoms with Crippen LogP contribution < -0.4 is 0 Å². The molecular weight excluding hydrogens is 456 g/mol. The van der Waals surface area contributed by atoms with E-state index in [-0.39, 0.29) is 29.3 Å². The summed E-state index contributed by atoms with van der Waals surface area (Å²) >= 11 is 0. The Morgan fingerprint density at radius 3 is 2.49 bits per heavy atom. The van der Waals surface area contributed by atoms with E-state index in [0.29, 0.717) is 12.8 Å². The lowest BCUT2D eigenvalue weighted by molar-refractivity contribution is -0.309. The van der Waals surface area contributed by atoms with Crippen LogP contribution in [0.25, 0.3) is 0 Å². The molecule has 9 nitrogen and oxygen atoms in total. The first-order chi connectivity index (χ1) is 16.3. The van der Waals surface area contributed by atoms with Crippen molar-refractivity contribution in [2.24, 2.45) is 28.1 Å². The molecule has 0 bridgehead atoms. The number of rotatable bonds is 5. The lowest BCUT2D eigenvalue weighted by Crippen LogP contribution is -2.64. The van der Waals surface area contributed by atoms with Crippen molar-refractivity contribution in [3.63, 3.8) is 0 Å². The second kappa shape index (κ2) is 9.20. The molecule has 9 heteroatoms. The molecule has 1 aliphatic heterocycles. The topological polar surface area (TPSA) is 157 Å². The van der Waals surface area contributed by atoms with E-state index < -0.39 is 54.3 Å². The van der Waals surface area contributed by atoms with Crippen molar-refractivity contribution in [2.75, 3.05) is 6.61 Å². The van der Waals surface area contributed by atoms with Crippen LogP contribution >= 0.6 is 0 Å². The van der Waals surface area contributed by atoms with Crippen molar-refractivity contribution < 1.29 is 44.9 Å².